The predicted molar refractivity (Wildman–Crippen MR) is 86.1 cm³/mol. The van der Waals surface area contributed by atoms with Crippen LogP contribution in [0.1, 0.15) is 21.8 Å². The molecular weight excluding hydrogens is 322 g/mol. The summed E-state index contributed by atoms with van der Waals surface area (Å²) in [6.07, 6.45) is 0. The number of methoxy groups -OCH3 is 1. The summed E-state index contributed by atoms with van der Waals surface area (Å²) in [5.74, 6) is 1.02. The van der Waals surface area contributed by atoms with Gasteiger partial charge in [0.2, 0.25) is 0 Å². The number of nitrogens with zero attached hydrogens (tertiary/aromatic N) is 1. The molecule has 1 aromatic carbocycles. The molecule has 1 aliphatic rings. The second kappa shape index (κ2) is 7.96. The van der Waals surface area contributed by atoms with Gasteiger partial charge < -0.3 is 24.6 Å². The molecule has 0 atom stereocenters. The van der Waals surface area contributed by atoms with Crippen LogP contribution in [0, 0.1) is 0 Å². The number of hydrogen-bond acceptors (Lipinski definition) is 6. The summed E-state index contributed by atoms with van der Waals surface area (Å²) >= 11 is 0. The lowest BCUT2D eigenvalue weighted by atomic mass is 10.1. The van der Waals surface area contributed by atoms with E-state index < -0.39 is 0 Å². The van der Waals surface area contributed by atoms with E-state index in [2.05, 4.69) is 15.8 Å². The van der Waals surface area contributed by atoms with E-state index in [1.165, 1.54) is 0 Å². The Morgan fingerprint density at radius 3 is 3.13 bits per heavy atom. The number of nitrogens with one attached hydrogen (secondary N) is 2. The fraction of sp³-hybridized carbons (Fsp3) is 0.333. The lowest BCUT2D eigenvalue weighted by Crippen LogP contribution is -2.16. The molecular formula is C15H18ClN3O4. The van der Waals surface area contributed by atoms with Crippen molar-refractivity contribution in [2.45, 2.75) is 13.2 Å². The number of rotatable bonds is 4. The van der Waals surface area contributed by atoms with Gasteiger partial charge in [0.05, 0.1) is 0 Å². The van der Waals surface area contributed by atoms with E-state index in [1.54, 1.807) is 19.2 Å². The first-order chi connectivity index (χ1) is 10.8. The molecule has 8 heteroatoms. The maximum Gasteiger partial charge on any atom is 0.277 e. The van der Waals surface area contributed by atoms with Crippen molar-refractivity contribution >= 4 is 24.0 Å². The Morgan fingerprint density at radius 1 is 1.43 bits per heavy atom. The topological polar surface area (TPSA) is 85.6 Å². The van der Waals surface area contributed by atoms with Gasteiger partial charge in [-0.05, 0) is 18.2 Å². The fourth-order valence-corrected chi connectivity index (χ4v) is 2.22. The first-order valence-corrected chi connectivity index (χ1v) is 6.98. The summed E-state index contributed by atoms with van der Waals surface area (Å²) in [5, 5.41) is 9.78. The summed E-state index contributed by atoms with van der Waals surface area (Å²) in [4.78, 5) is 12.1. The molecule has 0 saturated carbocycles. The third-order valence-corrected chi connectivity index (χ3v) is 3.25. The largest absolute Gasteiger partial charge is 0.492 e. The lowest BCUT2D eigenvalue weighted by Gasteiger charge is -2.09. The smallest absolute Gasteiger partial charge is 0.277 e. The highest BCUT2D eigenvalue weighted by atomic mass is 35.5. The predicted octanol–water partition coefficient (Wildman–Crippen LogP) is 1.98. The van der Waals surface area contributed by atoms with Crippen LogP contribution in [0.2, 0.25) is 0 Å². The normalized spacial score (nSPS) is 13.3. The van der Waals surface area contributed by atoms with Gasteiger partial charge in [0, 0.05) is 37.5 Å². The highest BCUT2D eigenvalue weighted by Gasteiger charge is 2.14. The summed E-state index contributed by atoms with van der Waals surface area (Å²) in [7, 11) is 1.55. The van der Waals surface area contributed by atoms with Crippen LogP contribution in [0.3, 0.4) is 0 Å². The number of anilines is 1. The van der Waals surface area contributed by atoms with Gasteiger partial charge in [-0.2, -0.15) is 0 Å². The molecule has 2 N–H and O–H groups in total. The number of carbonyl (C=O) groups is 1. The second-order valence-corrected chi connectivity index (χ2v) is 4.91. The molecule has 0 radical (unpaired) electrons. The van der Waals surface area contributed by atoms with Gasteiger partial charge in [0.25, 0.3) is 5.91 Å². The van der Waals surface area contributed by atoms with E-state index in [-0.39, 0.29) is 30.6 Å². The third kappa shape index (κ3) is 4.22. The molecule has 0 bridgehead atoms. The van der Waals surface area contributed by atoms with Crippen LogP contribution < -0.4 is 15.4 Å². The Hall–Kier alpha value is -2.09. The van der Waals surface area contributed by atoms with E-state index in [4.69, 9.17) is 14.0 Å². The molecule has 0 aliphatic carbocycles. The second-order valence-electron chi connectivity index (χ2n) is 4.91. The van der Waals surface area contributed by atoms with Crippen LogP contribution in [-0.2, 0) is 17.9 Å². The Bertz CT molecular complexity index is 674. The summed E-state index contributed by atoms with van der Waals surface area (Å²) in [5.41, 5.74) is 1.92. The number of fused-ring (bicyclic) bond motifs is 1. The third-order valence-electron chi connectivity index (χ3n) is 3.25. The van der Waals surface area contributed by atoms with Crippen molar-refractivity contribution in [1.82, 2.24) is 10.5 Å². The summed E-state index contributed by atoms with van der Waals surface area (Å²) < 4.78 is 15.5. The zero-order valence-electron chi connectivity index (χ0n) is 12.6. The lowest BCUT2D eigenvalue weighted by molar-refractivity contribution is 0.101. The average Bonchev–Trinajstić information content (AvgIpc) is 2.86. The fourth-order valence-electron chi connectivity index (χ4n) is 2.22. The van der Waals surface area contributed by atoms with Crippen molar-refractivity contribution in [3.05, 3.63) is 41.3 Å². The first-order valence-electron chi connectivity index (χ1n) is 6.98. The van der Waals surface area contributed by atoms with E-state index in [0.29, 0.717) is 24.6 Å². The van der Waals surface area contributed by atoms with Crippen LogP contribution in [0.5, 0.6) is 5.75 Å². The van der Waals surface area contributed by atoms with Crippen LogP contribution in [0.25, 0.3) is 0 Å². The maximum absolute atomic E-state index is 12.1. The highest BCUT2D eigenvalue weighted by molar-refractivity contribution is 6.02. The quantitative estimate of drug-likeness (QED) is 0.886. The highest BCUT2D eigenvalue weighted by Crippen LogP contribution is 2.24. The maximum atomic E-state index is 12.1. The summed E-state index contributed by atoms with van der Waals surface area (Å²) in [6.45, 7) is 2.43. The molecule has 0 unspecified atom stereocenters. The number of benzene rings is 1. The molecule has 7 nitrogen and oxygen atoms in total. The standard InChI is InChI=1S/C15H17N3O4.ClH/c1-20-9-12-7-13(18-22-12)15(19)17-11-2-3-14-10(6-11)8-16-4-5-21-14;/h2-3,6-7,16H,4-5,8-9H2,1H3,(H,17,19);1H. The van der Waals surface area contributed by atoms with Gasteiger partial charge in [-0.1, -0.05) is 5.16 Å². The average molecular weight is 340 g/mol. The molecule has 0 spiro atoms. The molecule has 3 rings (SSSR count). The van der Waals surface area contributed by atoms with Gasteiger partial charge >= 0.3 is 0 Å². The van der Waals surface area contributed by atoms with Crippen molar-refractivity contribution in [1.29, 1.82) is 0 Å². The van der Waals surface area contributed by atoms with Crippen LogP contribution in [0.15, 0.2) is 28.8 Å². The van der Waals surface area contributed by atoms with Gasteiger partial charge in [-0.25, -0.2) is 0 Å². The molecule has 0 fully saturated rings. The molecule has 23 heavy (non-hydrogen) atoms. The van der Waals surface area contributed by atoms with Gasteiger partial charge in [-0.3, -0.25) is 4.79 Å². The van der Waals surface area contributed by atoms with Gasteiger partial charge in [0.1, 0.15) is 19.0 Å². The molecule has 0 saturated heterocycles. The number of ether oxygens (including phenoxy) is 2. The SMILES string of the molecule is COCc1cc(C(=O)Nc2ccc3c(c2)CNCCO3)no1.Cl. The Morgan fingerprint density at radius 2 is 2.30 bits per heavy atom. The van der Waals surface area contributed by atoms with Crippen LogP contribution in [0.4, 0.5) is 5.69 Å². The Labute approximate surface area is 139 Å². The van der Waals surface area contributed by atoms with Crippen molar-refractivity contribution in [2.24, 2.45) is 0 Å². The summed E-state index contributed by atoms with van der Waals surface area (Å²) in [6, 6.07) is 7.12. The first kappa shape index (κ1) is 17.3. The van der Waals surface area contributed by atoms with E-state index in [1.807, 2.05) is 12.1 Å². The molecule has 1 aromatic heterocycles. The van der Waals surface area contributed by atoms with Crippen LogP contribution in [-0.4, -0.2) is 31.3 Å². The number of halogens is 1. The Kier molecular flexibility index (Phi) is 5.97. The van der Waals surface area contributed by atoms with Gasteiger partial charge in [-0.15, -0.1) is 12.4 Å². The molecule has 2 heterocycles. The minimum Gasteiger partial charge on any atom is -0.492 e. The van der Waals surface area contributed by atoms with E-state index in [9.17, 15) is 4.79 Å². The number of hydrogen-bond donors (Lipinski definition) is 2. The molecule has 1 amide bonds. The van der Waals surface area contributed by atoms with Crippen molar-refractivity contribution < 1.29 is 18.8 Å². The minimum atomic E-state index is -0.325. The zero-order valence-corrected chi connectivity index (χ0v) is 13.4. The van der Waals surface area contributed by atoms with Crippen LogP contribution >= 0.6 is 12.4 Å². The van der Waals surface area contributed by atoms with Crippen molar-refractivity contribution in [3.8, 4) is 5.75 Å². The van der Waals surface area contributed by atoms with Crippen molar-refractivity contribution in [2.75, 3.05) is 25.6 Å². The molecule has 1 aliphatic heterocycles. The molecule has 2 aromatic rings. The van der Waals surface area contributed by atoms with E-state index >= 15 is 0 Å². The minimum absolute atomic E-state index is 0. The van der Waals surface area contributed by atoms with E-state index in [0.717, 1.165) is 17.9 Å². The Balaban J connectivity index is 0.00000192. The number of aromatic nitrogens is 1. The number of carbonyl (C=O) groups excluding carboxylic acids is 1. The number of amides is 1. The monoisotopic (exact) mass is 339 g/mol. The van der Waals surface area contributed by atoms with Crippen molar-refractivity contribution in [3.63, 3.8) is 0 Å². The molecule has 124 valence electrons. The zero-order chi connectivity index (χ0) is 15.4. The van der Waals surface area contributed by atoms with Gasteiger partial charge in [0.15, 0.2) is 11.5 Å².